The summed E-state index contributed by atoms with van der Waals surface area (Å²) in [6.07, 6.45) is 3.87. The minimum atomic E-state index is -0.0374. The van der Waals surface area contributed by atoms with Gasteiger partial charge >= 0.3 is 0 Å². The maximum atomic E-state index is 12.0. The van der Waals surface area contributed by atoms with E-state index in [0.717, 1.165) is 21.8 Å². The van der Waals surface area contributed by atoms with Crippen LogP contribution in [-0.4, -0.2) is 15.3 Å². The molecule has 1 amide bonds. The molecule has 1 N–H and O–H groups in total. The summed E-state index contributed by atoms with van der Waals surface area (Å²) in [5, 5.41) is 4.82. The van der Waals surface area contributed by atoms with Crippen LogP contribution in [0.25, 0.3) is 5.65 Å². The van der Waals surface area contributed by atoms with Crippen molar-refractivity contribution in [3.8, 4) is 0 Å². The Kier molecular flexibility index (Phi) is 3.05. The molecule has 0 saturated heterocycles. The molecule has 0 saturated carbocycles. The fraction of sp³-hybridized carbons (Fsp3) is 0.143. The third-order valence-electron chi connectivity index (χ3n) is 2.91. The van der Waals surface area contributed by atoms with Gasteiger partial charge < -0.3 is 9.72 Å². The van der Waals surface area contributed by atoms with E-state index in [1.54, 1.807) is 0 Å². The van der Waals surface area contributed by atoms with Crippen LogP contribution in [0.2, 0.25) is 0 Å². The topological polar surface area (TPSA) is 46.4 Å². The van der Waals surface area contributed by atoms with E-state index in [1.165, 1.54) is 11.3 Å². The highest BCUT2D eigenvalue weighted by Gasteiger charge is 2.10. The third-order valence-corrected chi connectivity index (χ3v) is 3.93. The van der Waals surface area contributed by atoms with Crippen LogP contribution in [0.15, 0.2) is 42.0 Å². The smallest absolute Gasteiger partial charge is 0.261 e. The Hall–Kier alpha value is -2.14. The van der Waals surface area contributed by atoms with Crippen LogP contribution >= 0.6 is 11.3 Å². The van der Waals surface area contributed by atoms with Crippen molar-refractivity contribution in [2.45, 2.75) is 13.5 Å². The molecule has 3 aromatic rings. The molecule has 5 heteroatoms. The molecular formula is C14H13N3OS. The number of rotatable bonds is 3. The molecule has 0 aliphatic carbocycles. The summed E-state index contributed by atoms with van der Waals surface area (Å²) in [4.78, 5) is 17.2. The van der Waals surface area contributed by atoms with Gasteiger partial charge in [-0.3, -0.25) is 4.79 Å². The van der Waals surface area contributed by atoms with Gasteiger partial charge in [0.25, 0.3) is 5.91 Å². The largest absolute Gasteiger partial charge is 0.346 e. The van der Waals surface area contributed by atoms with E-state index < -0.39 is 0 Å². The van der Waals surface area contributed by atoms with Crippen LogP contribution in [0, 0.1) is 6.92 Å². The molecule has 96 valence electrons. The summed E-state index contributed by atoms with van der Waals surface area (Å²) >= 11 is 1.46. The second kappa shape index (κ2) is 4.85. The lowest BCUT2D eigenvalue weighted by Crippen LogP contribution is -2.22. The van der Waals surface area contributed by atoms with Gasteiger partial charge in [0.1, 0.15) is 5.65 Å². The minimum Gasteiger partial charge on any atom is -0.346 e. The summed E-state index contributed by atoms with van der Waals surface area (Å²) in [6, 6.07) is 7.78. The first-order chi connectivity index (χ1) is 9.24. The van der Waals surface area contributed by atoms with Gasteiger partial charge in [0.15, 0.2) is 0 Å². The summed E-state index contributed by atoms with van der Waals surface area (Å²) in [5.41, 5.74) is 2.75. The van der Waals surface area contributed by atoms with E-state index in [9.17, 15) is 4.79 Å². The number of fused-ring (bicyclic) bond motifs is 1. The van der Waals surface area contributed by atoms with Gasteiger partial charge in [-0.15, -0.1) is 11.3 Å². The number of aromatic nitrogens is 2. The SMILES string of the molecule is Cc1ccsc1C(=O)NCc1cn2ccccc2n1. The minimum absolute atomic E-state index is 0.0374. The lowest BCUT2D eigenvalue weighted by Gasteiger charge is -2.01. The van der Waals surface area contributed by atoms with Crippen LogP contribution in [0.1, 0.15) is 20.9 Å². The Balaban J connectivity index is 1.72. The van der Waals surface area contributed by atoms with Gasteiger partial charge in [-0.25, -0.2) is 4.98 Å². The maximum Gasteiger partial charge on any atom is 0.261 e. The number of nitrogens with one attached hydrogen (secondary N) is 1. The quantitative estimate of drug-likeness (QED) is 0.796. The molecule has 0 radical (unpaired) electrons. The second-order valence-electron chi connectivity index (χ2n) is 4.31. The van der Waals surface area contributed by atoms with Crippen molar-refractivity contribution < 1.29 is 4.79 Å². The molecule has 0 aliphatic heterocycles. The zero-order valence-corrected chi connectivity index (χ0v) is 11.3. The average molecular weight is 271 g/mol. The van der Waals surface area contributed by atoms with E-state index in [1.807, 2.05) is 53.4 Å². The van der Waals surface area contributed by atoms with Crippen molar-refractivity contribution in [2.75, 3.05) is 0 Å². The van der Waals surface area contributed by atoms with Crippen LogP contribution < -0.4 is 5.32 Å². The lowest BCUT2D eigenvalue weighted by atomic mass is 10.3. The number of nitrogens with zero attached hydrogens (tertiary/aromatic N) is 2. The van der Waals surface area contributed by atoms with Crippen LogP contribution in [0.3, 0.4) is 0 Å². The number of thiophene rings is 1. The van der Waals surface area contributed by atoms with Gasteiger partial charge in [-0.1, -0.05) is 6.07 Å². The van der Waals surface area contributed by atoms with Crippen molar-refractivity contribution in [3.63, 3.8) is 0 Å². The van der Waals surface area contributed by atoms with Gasteiger partial charge in [0, 0.05) is 12.4 Å². The Morgan fingerprint density at radius 2 is 2.32 bits per heavy atom. The number of carbonyl (C=O) groups is 1. The standard InChI is InChI=1S/C14H13N3OS/c1-10-5-7-19-13(10)14(18)15-8-11-9-17-6-3-2-4-12(17)16-11/h2-7,9H,8H2,1H3,(H,15,18). The first-order valence-corrected chi connectivity index (χ1v) is 6.87. The normalized spacial score (nSPS) is 10.8. The molecule has 0 bridgehead atoms. The predicted octanol–water partition coefficient (Wildman–Crippen LogP) is 2.63. The lowest BCUT2D eigenvalue weighted by molar-refractivity contribution is 0.0954. The Bertz CT molecular complexity index is 696. The van der Waals surface area contributed by atoms with E-state index in [4.69, 9.17) is 0 Å². The molecule has 0 unspecified atom stereocenters. The van der Waals surface area contributed by atoms with Crippen LogP contribution in [0.5, 0.6) is 0 Å². The molecule has 3 rings (SSSR count). The number of amides is 1. The monoisotopic (exact) mass is 271 g/mol. The molecule has 3 heterocycles. The highest BCUT2D eigenvalue weighted by Crippen LogP contribution is 2.15. The van der Waals surface area contributed by atoms with Gasteiger partial charge in [0.05, 0.1) is 17.1 Å². The molecule has 4 nitrogen and oxygen atoms in total. The number of pyridine rings is 1. The molecule has 0 spiro atoms. The van der Waals surface area contributed by atoms with Crippen molar-refractivity contribution in [1.82, 2.24) is 14.7 Å². The van der Waals surface area contributed by atoms with Crippen LogP contribution in [0.4, 0.5) is 0 Å². The van der Waals surface area contributed by atoms with E-state index in [-0.39, 0.29) is 5.91 Å². The summed E-state index contributed by atoms with van der Waals surface area (Å²) in [6.45, 7) is 2.38. The van der Waals surface area contributed by atoms with Gasteiger partial charge in [-0.05, 0) is 36.1 Å². The number of hydrogen-bond acceptors (Lipinski definition) is 3. The maximum absolute atomic E-state index is 12.0. The summed E-state index contributed by atoms with van der Waals surface area (Å²) in [5.74, 6) is -0.0374. The highest BCUT2D eigenvalue weighted by atomic mass is 32.1. The van der Waals surface area contributed by atoms with Gasteiger partial charge in [-0.2, -0.15) is 0 Å². The fourth-order valence-corrected chi connectivity index (χ4v) is 2.77. The Labute approximate surface area is 114 Å². The van der Waals surface area contributed by atoms with E-state index in [0.29, 0.717) is 6.54 Å². The van der Waals surface area contributed by atoms with Crippen molar-refractivity contribution in [3.05, 3.63) is 58.2 Å². The molecule has 3 aromatic heterocycles. The second-order valence-corrected chi connectivity index (χ2v) is 5.23. The van der Waals surface area contributed by atoms with E-state index >= 15 is 0 Å². The zero-order valence-electron chi connectivity index (χ0n) is 10.5. The number of aryl methyl sites for hydroxylation is 1. The first-order valence-electron chi connectivity index (χ1n) is 5.99. The Morgan fingerprint density at radius 1 is 1.42 bits per heavy atom. The summed E-state index contributed by atoms with van der Waals surface area (Å²) < 4.78 is 1.94. The third kappa shape index (κ3) is 2.37. The fourth-order valence-electron chi connectivity index (χ4n) is 1.93. The average Bonchev–Trinajstić information content (AvgIpc) is 3.01. The highest BCUT2D eigenvalue weighted by molar-refractivity contribution is 7.12. The number of hydrogen-bond donors (Lipinski definition) is 1. The van der Waals surface area contributed by atoms with Crippen molar-refractivity contribution >= 4 is 22.9 Å². The number of carbonyl (C=O) groups excluding carboxylic acids is 1. The van der Waals surface area contributed by atoms with Gasteiger partial charge in [0.2, 0.25) is 0 Å². The Morgan fingerprint density at radius 3 is 3.05 bits per heavy atom. The van der Waals surface area contributed by atoms with Crippen molar-refractivity contribution in [1.29, 1.82) is 0 Å². The van der Waals surface area contributed by atoms with Crippen LogP contribution in [-0.2, 0) is 6.54 Å². The van der Waals surface area contributed by atoms with E-state index in [2.05, 4.69) is 10.3 Å². The molecule has 0 atom stereocenters. The van der Waals surface area contributed by atoms with Crippen molar-refractivity contribution in [2.24, 2.45) is 0 Å². The molecule has 0 aromatic carbocycles. The predicted molar refractivity (Wildman–Crippen MR) is 75.4 cm³/mol. The molecule has 19 heavy (non-hydrogen) atoms. The zero-order chi connectivity index (χ0) is 13.2. The summed E-state index contributed by atoms with van der Waals surface area (Å²) in [7, 11) is 0. The molecule has 0 aliphatic rings. The first kappa shape index (κ1) is 11.9. The number of imidazole rings is 1. The molecular weight excluding hydrogens is 258 g/mol. The molecule has 0 fully saturated rings.